The van der Waals surface area contributed by atoms with Crippen molar-refractivity contribution in [3.05, 3.63) is 16.1 Å². The molecular weight excluding hydrogens is 347 g/mol. The van der Waals surface area contributed by atoms with E-state index < -0.39 is 35.9 Å². The molecule has 2 heterocycles. The van der Waals surface area contributed by atoms with Crippen molar-refractivity contribution in [1.29, 1.82) is 5.26 Å². The summed E-state index contributed by atoms with van der Waals surface area (Å²) < 4.78 is 39.5. The molecule has 0 aromatic carbocycles. The number of aromatic nitrogens is 1. The zero-order valence-electron chi connectivity index (χ0n) is 12.6. The Hall–Kier alpha value is -2.48. The number of thiazole rings is 1. The smallest absolute Gasteiger partial charge is 0.338 e. The van der Waals surface area contributed by atoms with Crippen LogP contribution in [-0.2, 0) is 6.18 Å². The van der Waals surface area contributed by atoms with Gasteiger partial charge in [-0.3, -0.25) is 0 Å². The second-order valence-electron chi connectivity index (χ2n) is 4.86. The Labute approximate surface area is 138 Å². The molecule has 0 spiro atoms. The quantitative estimate of drug-likeness (QED) is 0.877. The van der Waals surface area contributed by atoms with Gasteiger partial charge in [-0.05, 0) is 13.8 Å². The molecule has 11 heteroatoms. The van der Waals surface area contributed by atoms with Gasteiger partial charge in [-0.2, -0.15) is 18.4 Å². The van der Waals surface area contributed by atoms with Crippen LogP contribution in [0.1, 0.15) is 30.5 Å². The number of carbonyl (C=O) groups excluding carboxylic acids is 2. The normalized spacial score (nSPS) is 21.2. The predicted molar refractivity (Wildman–Crippen MR) is 78.4 cm³/mol. The average Bonchev–Trinajstić information content (AvgIpc) is 2.95. The fraction of sp³-hybridized carbons (Fsp3) is 0.462. The Bertz CT molecular complexity index is 737. The van der Waals surface area contributed by atoms with Gasteiger partial charge in [0.25, 0.3) is 0 Å². The molecule has 24 heavy (non-hydrogen) atoms. The third-order valence-electron chi connectivity index (χ3n) is 3.34. The SMILES string of the molecule is CCNC(=O)N1C(=O)N=C(C)C(C#N)C1c1scnc1C(F)(F)F. The number of alkyl halides is 3. The van der Waals surface area contributed by atoms with Crippen LogP contribution in [0.25, 0.3) is 0 Å². The standard InChI is InChI=1S/C13H12F3N5O2S/c1-3-18-11(22)21-8(7(4-17)6(2)20-12(21)23)9-10(13(14,15)16)19-5-24-9/h5,7-8H,3H2,1-2H3,(H,18,22). The summed E-state index contributed by atoms with van der Waals surface area (Å²) in [5, 5.41) is 11.7. The van der Waals surface area contributed by atoms with Gasteiger partial charge in [-0.25, -0.2) is 24.5 Å². The molecule has 1 aliphatic rings. The van der Waals surface area contributed by atoms with Gasteiger partial charge in [0, 0.05) is 12.3 Å². The number of nitrogens with zero attached hydrogens (tertiary/aromatic N) is 4. The highest BCUT2D eigenvalue weighted by Gasteiger charge is 2.47. The molecule has 1 aromatic heterocycles. The number of hydrogen-bond acceptors (Lipinski definition) is 5. The fourth-order valence-corrected chi connectivity index (χ4v) is 3.26. The van der Waals surface area contributed by atoms with Gasteiger partial charge in [0.2, 0.25) is 0 Å². The monoisotopic (exact) mass is 359 g/mol. The van der Waals surface area contributed by atoms with Crippen LogP contribution in [0.4, 0.5) is 22.8 Å². The first-order chi connectivity index (χ1) is 11.2. The van der Waals surface area contributed by atoms with E-state index in [0.717, 1.165) is 5.51 Å². The first-order valence-electron chi connectivity index (χ1n) is 6.78. The van der Waals surface area contributed by atoms with E-state index >= 15 is 0 Å². The van der Waals surface area contributed by atoms with Crippen LogP contribution in [0, 0.1) is 17.2 Å². The van der Waals surface area contributed by atoms with E-state index in [-0.39, 0.29) is 17.1 Å². The third kappa shape index (κ3) is 3.09. The van der Waals surface area contributed by atoms with Crippen molar-refractivity contribution < 1.29 is 22.8 Å². The van der Waals surface area contributed by atoms with Crippen molar-refractivity contribution in [2.45, 2.75) is 26.1 Å². The summed E-state index contributed by atoms with van der Waals surface area (Å²) in [6.07, 6.45) is -4.77. The molecule has 0 saturated heterocycles. The number of nitrogens with one attached hydrogen (secondary N) is 1. The van der Waals surface area contributed by atoms with E-state index in [2.05, 4.69) is 15.3 Å². The highest BCUT2D eigenvalue weighted by Crippen LogP contribution is 2.42. The number of rotatable bonds is 2. The van der Waals surface area contributed by atoms with Gasteiger partial charge >= 0.3 is 18.2 Å². The number of halogens is 3. The first kappa shape index (κ1) is 17.9. The lowest BCUT2D eigenvalue weighted by atomic mass is 9.91. The van der Waals surface area contributed by atoms with Crippen LogP contribution in [0.2, 0.25) is 0 Å². The summed E-state index contributed by atoms with van der Waals surface area (Å²) in [4.78, 5) is 31.3. The Kier molecular flexibility index (Phi) is 4.88. The van der Waals surface area contributed by atoms with E-state index in [1.54, 1.807) is 6.92 Å². The van der Waals surface area contributed by atoms with Crippen LogP contribution in [-0.4, -0.2) is 34.2 Å². The lowest BCUT2D eigenvalue weighted by Crippen LogP contribution is -2.50. The van der Waals surface area contributed by atoms with Gasteiger partial charge in [0.15, 0.2) is 5.69 Å². The minimum absolute atomic E-state index is 0.0505. The van der Waals surface area contributed by atoms with Crippen LogP contribution in [0.15, 0.2) is 10.5 Å². The number of urea groups is 2. The number of nitriles is 1. The lowest BCUT2D eigenvalue weighted by molar-refractivity contribution is -0.141. The largest absolute Gasteiger partial charge is 0.434 e. The van der Waals surface area contributed by atoms with Gasteiger partial charge < -0.3 is 5.32 Å². The number of carbonyl (C=O) groups is 2. The number of hydrogen-bond donors (Lipinski definition) is 1. The Morgan fingerprint density at radius 2 is 2.21 bits per heavy atom. The highest BCUT2D eigenvalue weighted by atomic mass is 32.1. The van der Waals surface area contributed by atoms with Crippen LogP contribution in [0.5, 0.6) is 0 Å². The molecule has 128 valence electrons. The molecule has 0 radical (unpaired) electrons. The fourth-order valence-electron chi connectivity index (χ4n) is 2.33. The number of imide groups is 1. The molecule has 2 rings (SSSR count). The number of aliphatic imine (C=N–C) groups is 1. The summed E-state index contributed by atoms with van der Waals surface area (Å²) in [6, 6.07) is -1.54. The van der Waals surface area contributed by atoms with Crippen molar-refractivity contribution in [2.24, 2.45) is 10.9 Å². The van der Waals surface area contributed by atoms with Crippen LogP contribution >= 0.6 is 11.3 Å². The molecule has 0 fully saturated rings. The highest BCUT2D eigenvalue weighted by molar-refractivity contribution is 7.09. The topological polar surface area (TPSA) is 98.5 Å². The molecule has 0 bridgehead atoms. The van der Waals surface area contributed by atoms with Crippen LogP contribution in [0.3, 0.4) is 0 Å². The molecular formula is C13H12F3N5O2S. The van der Waals surface area contributed by atoms with Gasteiger partial charge in [-0.1, -0.05) is 0 Å². The van der Waals surface area contributed by atoms with Crippen molar-refractivity contribution in [3.63, 3.8) is 0 Å². The molecule has 1 aliphatic heterocycles. The minimum Gasteiger partial charge on any atom is -0.338 e. The van der Waals surface area contributed by atoms with Gasteiger partial charge in [0.05, 0.1) is 16.5 Å². The Morgan fingerprint density at radius 1 is 1.54 bits per heavy atom. The van der Waals surface area contributed by atoms with Gasteiger partial charge in [-0.15, -0.1) is 11.3 Å². The third-order valence-corrected chi connectivity index (χ3v) is 4.24. The molecule has 2 unspecified atom stereocenters. The van der Waals surface area contributed by atoms with E-state index in [1.807, 2.05) is 6.07 Å². The molecule has 2 atom stereocenters. The summed E-state index contributed by atoms with van der Waals surface area (Å²) in [5.41, 5.74) is -0.197. The molecule has 7 nitrogen and oxygen atoms in total. The minimum atomic E-state index is -4.77. The first-order valence-corrected chi connectivity index (χ1v) is 7.66. The summed E-state index contributed by atoms with van der Waals surface area (Å²) in [5.74, 6) is -1.19. The average molecular weight is 359 g/mol. The Morgan fingerprint density at radius 3 is 2.75 bits per heavy atom. The van der Waals surface area contributed by atoms with Crippen molar-refractivity contribution >= 4 is 29.1 Å². The summed E-state index contributed by atoms with van der Waals surface area (Å²) in [6.45, 7) is 3.11. The zero-order chi connectivity index (χ0) is 18.1. The molecule has 1 N–H and O–H groups in total. The lowest BCUT2D eigenvalue weighted by Gasteiger charge is -2.34. The maximum absolute atomic E-state index is 13.2. The molecule has 1 aromatic rings. The second-order valence-corrected chi connectivity index (χ2v) is 5.74. The maximum Gasteiger partial charge on any atom is 0.434 e. The van der Waals surface area contributed by atoms with Crippen LogP contribution < -0.4 is 5.32 Å². The summed E-state index contributed by atoms with van der Waals surface area (Å²) >= 11 is 0.634. The Balaban J connectivity index is 2.63. The van der Waals surface area contributed by atoms with E-state index in [1.165, 1.54) is 6.92 Å². The van der Waals surface area contributed by atoms with E-state index in [0.29, 0.717) is 16.2 Å². The molecule has 0 saturated carbocycles. The van der Waals surface area contributed by atoms with Crippen molar-refractivity contribution in [1.82, 2.24) is 15.2 Å². The molecule has 0 aliphatic carbocycles. The maximum atomic E-state index is 13.2. The number of amides is 4. The van der Waals surface area contributed by atoms with E-state index in [4.69, 9.17) is 0 Å². The second kappa shape index (κ2) is 6.56. The summed E-state index contributed by atoms with van der Waals surface area (Å²) in [7, 11) is 0. The zero-order valence-corrected chi connectivity index (χ0v) is 13.4. The van der Waals surface area contributed by atoms with Crippen molar-refractivity contribution in [3.8, 4) is 6.07 Å². The van der Waals surface area contributed by atoms with E-state index in [9.17, 15) is 28.0 Å². The van der Waals surface area contributed by atoms with Gasteiger partial charge in [0.1, 0.15) is 12.0 Å². The molecule has 4 amide bonds. The predicted octanol–water partition coefficient (Wildman–Crippen LogP) is 2.97. The van der Waals surface area contributed by atoms with Crippen molar-refractivity contribution in [2.75, 3.05) is 6.54 Å².